The van der Waals surface area contributed by atoms with Crippen LogP contribution in [-0.2, 0) is 48.0 Å². The monoisotopic (exact) mass is 1740 g/mol. The zero-order valence-corrected chi connectivity index (χ0v) is 70.4. The number of fused-ring (bicyclic) bond motifs is 5. The van der Waals surface area contributed by atoms with Crippen LogP contribution in [0.3, 0.4) is 0 Å². The average Bonchev–Trinajstić information content (AvgIpc) is 1.70. The molecule has 0 bridgehead atoms. The topological polar surface area (TPSA) is 252 Å². The molecule has 0 saturated carbocycles. The van der Waals surface area contributed by atoms with Crippen molar-refractivity contribution < 1.29 is 48.5 Å². The Morgan fingerprint density at radius 2 is 0.732 bits per heavy atom. The molecular formula is C102H93AlClFeLiN18O3. The number of aromatic amines is 1. The zero-order valence-electron chi connectivity index (χ0n) is 69.5. The van der Waals surface area contributed by atoms with E-state index in [1.807, 2.05) is 214 Å². The minimum Gasteiger partial charge on any atom is -1.00 e. The number of halogens is 1. The number of nitrogens with one attached hydrogen (secondary N) is 4. The molecule has 6 N–H and O–H groups in total. The third kappa shape index (κ3) is 23.4. The summed E-state index contributed by atoms with van der Waals surface area (Å²) in [5, 5.41) is 20.8. The predicted octanol–water partition coefficient (Wildman–Crippen LogP) is 19.9. The van der Waals surface area contributed by atoms with Crippen molar-refractivity contribution in [2.45, 2.75) is 33.6 Å². The molecular weight excluding hydrogens is 1650 g/mol. The van der Waals surface area contributed by atoms with E-state index in [-0.39, 0.29) is 79.5 Å². The van der Waals surface area contributed by atoms with Crippen LogP contribution in [0.5, 0.6) is 0 Å². The molecule has 0 aliphatic heterocycles. The molecule has 0 atom stereocenters. The molecule has 6 heterocycles. The number of benzene rings is 14. The van der Waals surface area contributed by atoms with Gasteiger partial charge in [0.15, 0.2) is 17.4 Å². The third-order valence-corrected chi connectivity index (χ3v) is 20.6. The Balaban J connectivity index is 0.000000176. The molecule has 0 spiro atoms. The van der Waals surface area contributed by atoms with Crippen molar-refractivity contribution in [2.75, 3.05) is 35.8 Å². The maximum absolute atomic E-state index is 11.4. The molecule has 0 unspecified atom stereocenters. The molecule has 20 rings (SSSR count). The molecule has 1 amide bonds. The molecule has 0 aliphatic carbocycles. The number of rotatable bonds is 18. The van der Waals surface area contributed by atoms with Crippen LogP contribution >= 0.6 is 11.6 Å². The van der Waals surface area contributed by atoms with E-state index in [2.05, 4.69) is 215 Å². The second-order valence-electron chi connectivity index (χ2n) is 28.5. The van der Waals surface area contributed by atoms with Gasteiger partial charge in [-0.2, -0.15) is 0 Å². The molecule has 127 heavy (non-hydrogen) atoms. The van der Waals surface area contributed by atoms with Gasteiger partial charge in [0.1, 0.15) is 0 Å². The van der Waals surface area contributed by atoms with Crippen LogP contribution < -0.4 is 40.5 Å². The van der Waals surface area contributed by atoms with Crippen molar-refractivity contribution in [1.82, 2.24) is 58.1 Å². The number of aromatic nitrogens is 12. The molecule has 628 valence electrons. The summed E-state index contributed by atoms with van der Waals surface area (Å²) in [7, 11) is 3.88. The summed E-state index contributed by atoms with van der Waals surface area (Å²) < 4.78 is 8.41. The van der Waals surface area contributed by atoms with Crippen molar-refractivity contribution in [3.8, 4) is 55.6 Å². The smallest absolute Gasteiger partial charge is 1.00 e. The van der Waals surface area contributed by atoms with Gasteiger partial charge in [0.2, 0.25) is 17.4 Å². The minimum absolute atomic E-state index is 0. The fraction of sp³-hybridized carbons (Fsp3) is 0.0686. The van der Waals surface area contributed by atoms with E-state index in [0.717, 1.165) is 148 Å². The van der Waals surface area contributed by atoms with Crippen LogP contribution in [-0.4, -0.2) is 101 Å². The van der Waals surface area contributed by atoms with Crippen LogP contribution in [0.1, 0.15) is 32.5 Å². The van der Waals surface area contributed by atoms with Crippen LogP contribution in [0.25, 0.3) is 116 Å². The maximum Gasteiger partial charge on any atom is 1.00 e. The summed E-state index contributed by atoms with van der Waals surface area (Å²) >= 11 is 5.34. The number of imidazole rings is 5. The van der Waals surface area contributed by atoms with E-state index in [1.54, 1.807) is 24.8 Å². The normalized spacial score (nSPS) is 10.3. The number of nitro groups is 1. The number of nitro benzene ring substituents is 1. The molecule has 0 fully saturated rings. The van der Waals surface area contributed by atoms with E-state index < -0.39 is 0 Å². The predicted molar refractivity (Wildman–Crippen MR) is 517 cm³/mol. The van der Waals surface area contributed by atoms with Gasteiger partial charge in [-0.25, -0.2) is 39.7 Å². The first kappa shape index (κ1) is 92.9. The maximum atomic E-state index is 11.4. The molecule has 21 nitrogen and oxygen atoms in total. The number of H-pyrrole nitrogens is 1. The molecule has 0 aliphatic rings. The van der Waals surface area contributed by atoms with E-state index in [0.29, 0.717) is 18.6 Å². The van der Waals surface area contributed by atoms with Crippen molar-refractivity contribution >= 4 is 125 Å². The number of anilines is 4. The quantitative estimate of drug-likeness (QED) is 0.0102. The summed E-state index contributed by atoms with van der Waals surface area (Å²) in [5.74, 6) is 0. The van der Waals surface area contributed by atoms with E-state index in [9.17, 15) is 14.9 Å². The van der Waals surface area contributed by atoms with Gasteiger partial charge in [-0.05, 0) is 110 Å². The first-order valence-corrected chi connectivity index (χ1v) is 40.0. The fourth-order valence-corrected chi connectivity index (χ4v) is 14.5. The second kappa shape index (κ2) is 45.5. The molecule has 0 radical (unpaired) electrons. The SMILES string of the molecule is C.CNc1cc(-c2ccccc2)c2nc[nH]c2c1.CNc1cc(-c2ccccc2)c2ncn(Cc3ccccc3)c2c1.Nc1cc(-c2ccccc2)c2ncn(Cc3ccccc3)c2c1.O=CNc1cc(-c2ccccc2)c2ncn(Cc3ccccc3)c2c1.O=[N+]([O-])c1cc(-c2ccccc2)c2ncn(Cc3ccccc3)c2c1.[AlH3].[C-]#[N+]c1cnc(Cl)nc1.[Fe].[H-].[HH].[Li+]. The van der Waals surface area contributed by atoms with Crippen LogP contribution in [0.2, 0.25) is 5.28 Å². The molecule has 0 saturated heterocycles. The van der Waals surface area contributed by atoms with Crippen LogP contribution in [0.15, 0.2) is 378 Å². The number of nitrogens with two attached hydrogens (primary N) is 1. The number of nitrogen functional groups attached to an aromatic ring is 1. The van der Waals surface area contributed by atoms with Gasteiger partial charge in [-0.3, -0.25) is 14.9 Å². The molecule has 14 aromatic carbocycles. The van der Waals surface area contributed by atoms with Gasteiger partial charge in [-0.15, -0.1) is 0 Å². The minimum atomic E-state index is -0.355. The Hall–Kier alpha value is -14.8. The molecule has 6 aromatic heterocycles. The summed E-state index contributed by atoms with van der Waals surface area (Å²) in [5.41, 5.74) is 35.6. The Morgan fingerprint density at radius 3 is 1.07 bits per heavy atom. The second-order valence-corrected chi connectivity index (χ2v) is 28.8. The number of amides is 1. The van der Waals surface area contributed by atoms with Gasteiger partial charge in [0, 0.05) is 134 Å². The van der Waals surface area contributed by atoms with Gasteiger partial charge >= 0.3 is 18.9 Å². The summed E-state index contributed by atoms with van der Waals surface area (Å²) in [6.45, 7) is 9.47. The summed E-state index contributed by atoms with van der Waals surface area (Å²) in [6, 6.07) is 111. The van der Waals surface area contributed by atoms with Gasteiger partial charge < -0.3 is 46.4 Å². The molecule has 20 aromatic rings. The number of hydrogen-bond donors (Lipinski definition) is 5. The summed E-state index contributed by atoms with van der Waals surface area (Å²) in [6.07, 6.45) is 12.6. The molecule has 25 heteroatoms. The number of carbonyl (C=O) groups excluding carboxylic acids is 1. The Morgan fingerprint density at radius 1 is 0.433 bits per heavy atom. The first-order chi connectivity index (χ1) is 60.4. The van der Waals surface area contributed by atoms with Crippen LogP contribution in [0.4, 0.5) is 34.1 Å². The Kier molecular flexibility index (Phi) is 33.3. The number of nitrogens with zero attached hydrogens (tertiary/aromatic N) is 13. The Labute approximate surface area is 777 Å². The van der Waals surface area contributed by atoms with Crippen molar-refractivity contribution in [1.29, 1.82) is 0 Å². The fourth-order valence-electron chi connectivity index (χ4n) is 14.4. The van der Waals surface area contributed by atoms with Crippen molar-refractivity contribution in [3.63, 3.8) is 0 Å². The third-order valence-electron chi connectivity index (χ3n) is 20.4. The average molecular weight is 1740 g/mol. The largest absolute Gasteiger partial charge is 1.00 e. The van der Waals surface area contributed by atoms with Gasteiger partial charge in [0.05, 0.1) is 98.3 Å². The van der Waals surface area contributed by atoms with Gasteiger partial charge in [-0.1, -0.05) is 280 Å². The standard InChI is InChI=1S/C21H17N3O.C21H19N3.C20H15N3O2.C20H17N3.C14H13N3.C5H2ClN3.CH4.Al.Fe.Li.H2.4H/c25-15-23-18-11-19(17-9-5-2-6-10-17)21-20(12-18)24(14-22-21)13-16-7-3-1-4-8-16;1-22-18-12-19(17-10-6-3-7-11-17)21-20(13-18)24(15-23-21)14-16-8-4-2-5-9-16;24-23(25)17-11-18(16-9-5-2-6-10-16)20-19(12-17)22(14-21-20)13-15-7-3-1-4-8-15;21-17-11-18(16-9-5-2-6-10-16)20-19(12-17)23(14-22-20)13-15-7-3-1-4-8-15;1-15-11-7-12(10-5-3-2-4-6-10)14-13(8-11)16-9-17-14;1-7-4-2-8-5(6)9-3-4;;;;;;;;;/h1-12,14-15H,13H2,(H,23,25);2-13,15,22H,14H2,1H3;1-12,14H,13H2;1-12,14H,13,21H2;2-9,15H,1H3,(H,16,17);2-3H;1H4;;;;1H;;;;/q;;;;;;;;;+1;;;;;-1. The van der Waals surface area contributed by atoms with Crippen molar-refractivity contribution in [3.05, 3.63) is 427 Å². The van der Waals surface area contributed by atoms with E-state index >= 15 is 0 Å². The number of non-ortho nitro benzene ring substituents is 1. The number of hydrogen-bond acceptors (Lipinski definition) is 13. The van der Waals surface area contributed by atoms with Crippen molar-refractivity contribution in [2.24, 2.45) is 0 Å². The first-order valence-electron chi connectivity index (χ1n) is 39.6. The van der Waals surface area contributed by atoms with E-state index in [1.165, 1.54) is 40.2 Å². The van der Waals surface area contributed by atoms with Gasteiger partial charge in [0.25, 0.3) is 5.69 Å². The summed E-state index contributed by atoms with van der Waals surface area (Å²) in [4.78, 5) is 58.3. The van der Waals surface area contributed by atoms with Crippen LogP contribution in [0, 0.1) is 16.7 Å². The van der Waals surface area contributed by atoms with E-state index in [4.69, 9.17) is 28.9 Å². The Bertz CT molecular complexity index is 6980. The zero-order chi connectivity index (χ0) is 84.6. The number of carbonyl (C=O) groups is 1.